The van der Waals surface area contributed by atoms with Crippen molar-refractivity contribution in [3.05, 3.63) is 71.3 Å². The van der Waals surface area contributed by atoms with Crippen molar-refractivity contribution in [2.75, 3.05) is 13.2 Å². The zero-order valence-electron chi connectivity index (χ0n) is 49.4. The number of cyclic esters (lactones) is 2. The van der Waals surface area contributed by atoms with Gasteiger partial charge in [-0.05, 0) is 115 Å². The second-order valence-electron chi connectivity index (χ2n) is 21.8. The summed E-state index contributed by atoms with van der Waals surface area (Å²) in [4.78, 5) is 75.4. The van der Waals surface area contributed by atoms with Crippen LogP contribution in [0.4, 0.5) is 0 Å². The minimum Gasteiger partial charge on any atom is -0.462 e. The number of aliphatic hydroxyl groups is 2. The molecule has 1 aromatic rings. The van der Waals surface area contributed by atoms with Crippen LogP contribution in [0.25, 0.3) is 0 Å². The number of rotatable bonds is 52. The Kier molecular flexibility index (Phi) is 42.9. The van der Waals surface area contributed by atoms with Crippen LogP contribution in [0.1, 0.15) is 302 Å². The quantitative estimate of drug-likeness (QED) is 0.0206. The highest BCUT2D eigenvalue weighted by Crippen LogP contribution is 2.23. The number of hydrogen-bond acceptors (Lipinski definition) is 13. The first kappa shape index (κ1) is 70.5. The molecule has 0 radical (unpaired) electrons. The Bertz CT molecular complexity index is 1890. The Morgan fingerprint density at radius 3 is 1.33 bits per heavy atom. The van der Waals surface area contributed by atoms with Crippen molar-refractivity contribution < 1.29 is 62.7 Å². The maximum absolute atomic E-state index is 13.1. The summed E-state index contributed by atoms with van der Waals surface area (Å²) < 4.78 is 27.3. The summed E-state index contributed by atoms with van der Waals surface area (Å²) in [6.45, 7) is 6.19. The van der Waals surface area contributed by atoms with Crippen LogP contribution >= 0.6 is 0 Å². The minimum atomic E-state index is -0.881. The summed E-state index contributed by atoms with van der Waals surface area (Å²) in [5, 5.41) is 20.3. The number of hydrogen-bond donors (Lipinski definition) is 2. The molecule has 1 aliphatic heterocycles. The van der Waals surface area contributed by atoms with Crippen molar-refractivity contribution in [1.82, 2.24) is 0 Å². The van der Waals surface area contributed by atoms with E-state index in [0.29, 0.717) is 38.5 Å². The molecule has 1 heterocycles. The van der Waals surface area contributed by atoms with E-state index in [9.17, 15) is 39.0 Å². The van der Waals surface area contributed by atoms with Gasteiger partial charge in [0.1, 0.15) is 19.3 Å². The molecule has 0 aliphatic carbocycles. The highest BCUT2D eigenvalue weighted by molar-refractivity contribution is 6.15. The van der Waals surface area contributed by atoms with Gasteiger partial charge in [-0.25, -0.2) is 14.4 Å². The van der Waals surface area contributed by atoms with Crippen LogP contribution in [0.5, 0.6) is 0 Å². The molecule has 0 fully saturated rings. The van der Waals surface area contributed by atoms with Crippen LogP contribution < -0.4 is 0 Å². The molecule has 13 nitrogen and oxygen atoms in total. The predicted molar refractivity (Wildman–Crippen MR) is 314 cm³/mol. The molecule has 2 N–H and O–H groups in total. The van der Waals surface area contributed by atoms with E-state index in [1.165, 1.54) is 56.7 Å². The van der Waals surface area contributed by atoms with Crippen LogP contribution in [0.15, 0.2) is 54.7 Å². The predicted octanol–water partition coefficient (Wildman–Crippen LogP) is 16.2. The van der Waals surface area contributed by atoms with Gasteiger partial charge in [-0.2, -0.15) is 0 Å². The summed E-state index contributed by atoms with van der Waals surface area (Å²) in [7, 11) is 0. The lowest BCUT2D eigenvalue weighted by Gasteiger charge is -2.18. The van der Waals surface area contributed by atoms with Crippen LogP contribution in [0.2, 0.25) is 0 Å². The van der Waals surface area contributed by atoms with Gasteiger partial charge in [0.05, 0.1) is 28.9 Å². The molecule has 2 rings (SSSR count). The van der Waals surface area contributed by atoms with Gasteiger partial charge in [0, 0.05) is 25.7 Å². The highest BCUT2D eigenvalue weighted by Gasteiger charge is 2.31. The minimum absolute atomic E-state index is 0.0774. The van der Waals surface area contributed by atoms with Crippen molar-refractivity contribution in [2.24, 2.45) is 0 Å². The lowest BCUT2D eigenvalue weighted by molar-refractivity contribution is -0.167. The van der Waals surface area contributed by atoms with Gasteiger partial charge in [0.25, 0.3) is 0 Å². The SMILES string of the molecule is CCCCCCC(O)C/C=C\CCCCCCCC(=O)OCC(COC(=O)CCCCCCC/C=C\CC(CCCCCC)OC(=O)c1ccc2c(c1)C(=O)OC2=O)OC(=O)CCCCCCC/C=C\CC(O)CCCCCC. The molecule has 448 valence electrons. The smallest absolute Gasteiger partial charge is 0.346 e. The van der Waals surface area contributed by atoms with Gasteiger partial charge in [0.2, 0.25) is 0 Å². The standard InChI is InChI=1S/C66H106O13/c1-4-7-10-31-40-55(67)42-33-25-19-13-16-22-28-37-46-61(69)75-52-58(77-63(71)48-39-30-24-17-14-20-26-34-43-56(68)41-32-11-8-5-2)53-76-62(70)47-38-29-23-18-15-21-27-36-45-57(44-35-12-9-6-3)78-64(72)54-49-50-59-60(51-54)66(74)79-65(59)73/h25-27,33-34,36,49-51,55-58,67-68H,4-24,28-32,35,37-48,52-53H2,1-3H3/b33-25-,34-26-,36-27-. The van der Waals surface area contributed by atoms with E-state index < -0.39 is 30.0 Å². The Balaban J connectivity index is 1.71. The maximum Gasteiger partial charge on any atom is 0.346 e. The largest absolute Gasteiger partial charge is 0.462 e. The third-order valence-corrected chi connectivity index (χ3v) is 14.4. The van der Waals surface area contributed by atoms with Crippen molar-refractivity contribution >= 4 is 35.8 Å². The second kappa shape index (κ2) is 48.1. The molecule has 0 aromatic heterocycles. The monoisotopic (exact) mass is 1110 g/mol. The summed E-state index contributed by atoms with van der Waals surface area (Å²) in [5.41, 5.74) is 0.434. The Morgan fingerprint density at radius 2 is 0.848 bits per heavy atom. The summed E-state index contributed by atoms with van der Waals surface area (Å²) in [6.07, 6.45) is 46.6. The zero-order chi connectivity index (χ0) is 57.4. The van der Waals surface area contributed by atoms with Crippen molar-refractivity contribution in [2.45, 2.75) is 296 Å². The topological polar surface area (TPSA) is 189 Å². The Hall–Kier alpha value is -4.62. The third-order valence-electron chi connectivity index (χ3n) is 14.4. The molecule has 0 bridgehead atoms. The van der Waals surface area contributed by atoms with Crippen LogP contribution in [-0.2, 0) is 38.1 Å². The van der Waals surface area contributed by atoms with E-state index in [4.69, 9.17) is 18.9 Å². The fourth-order valence-electron chi connectivity index (χ4n) is 9.48. The molecule has 0 spiro atoms. The number of carbonyl (C=O) groups is 6. The molecule has 0 amide bonds. The number of aliphatic hydroxyl groups excluding tert-OH is 2. The fraction of sp³-hybridized carbons (Fsp3) is 0.727. The molecule has 4 atom stereocenters. The van der Waals surface area contributed by atoms with Crippen molar-refractivity contribution in [3.63, 3.8) is 0 Å². The van der Waals surface area contributed by atoms with E-state index in [0.717, 1.165) is 154 Å². The average Bonchev–Trinajstić information content (AvgIpc) is 3.85. The number of esters is 6. The number of benzene rings is 1. The van der Waals surface area contributed by atoms with Gasteiger partial charge in [0.15, 0.2) is 6.10 Å². The summed E-state index contributed by atoms with van der Waals surface area (Å²) >= 11 is 0. The van der Waals surface area contributed by atoms with E-state index in [-0.39, 0.29) is 79.4 Å². The van der Waals surface area contributed by atoms with Gasteiger partial charge >= 0.3 is 35.8 Å². The van der Waals surface area contributed by atoms with Crippen LogP contribution in [0.3, 0.4) is 0 Å². The molecule has 4 unspecified atom stereocenters. The van der Waals surface area contributed by atoms with Crippen LogP contribution in [-0.4, -0.2) is 83.7 Å². The number of fused-ring (bicyclic) bond motifs is 1. The number of ether oxygens (including phenoxy) is 5. The fourth-order valence-corrected chi connectivity index (χ4v) is 9.48. The summed E-state index contributed by atoms with van der Waals surface area (Å²) in [6, 6.07) is 4.28. The number of carbonyl (C=O) groups excluding carboxylic acids is 6. The Morgan fingerprint density at radius 1 is 0.443 bits per heavy atom. The zero-order valence-corrected chi connectivity index (χ0v) is 49.4. The van der Waals surface area contributed by atoms with Crippen molar-refractivity contribution in [3.8, 4) is 0 Å². The maximum atomic E-state index is 13.1. The van der Waals surface area contributed by atoms with Gasteiger partial charge in [-0.15, -0.1) is 0 Å². The van der Waals surface area contributed by atoms with Gasteiger partial charge in [-0.3, -0.25) is 14.4 Å². The Labute approximate surface area is 476 Å². The van der Waals surface area contributed by atoms with Gasteiger partial charge < -0.3 is 33.9 Å². The van der Waals surface area contributed by atoms with E-state index in [1.54, 1.807) is 0 Å². The normalized spacial score (nSPS) is 13.9. The number of allylic oxidation sites excluding steroid dienone is 3. The molecule has 79 heavy (non-hydrogen) atoms. The molecule has 1 aromatic carbocycles. The molecule has 0 saturated carbocycles. The van der Waals surface area contributed by atoms with Gasteiger partial charge in [-0.1, -0.05) is 186 Å². The number of unbranched alkanes of at least 4 members (excludes halogenated alkanes) is 24. The van der Waals surface area contributed by atoms with Crippen molar-refractivity contribution in [1.29, 1.82) is 0 Å². The molecule has 13 heteroatoms. The molecular formula is C66H106O13. The molecule has 0 saturated heterocycles. The second-order valence-corrected chi connectivity index (χ2v) is 21.8. The first-order valence-electron chi connectivity index (χ1n) is 31.4. The molecular weight excluding hydrogens is 1000 g/mol. The average molecular weight is 1110 g/mol. The molecule has 1 aliphatic rings. The lowest BCUT2D eigenvalue weighted by atomic mass is 10.0. The first-order valence-corrected chi connectivity index (χ1v) is 31.4. The third kappa shape index (κ3) is 37.9. The first-order chi connectivity index (χ1) is 38.5. The summed E-state index contributed by atoms with van der Waals surface area (Å²) in [5.74, 6) is -3.15. The lowest BCUT2D eigenvalue weighted by Crippen LogP contribution is -2.30. The van der Waals surface area contributed by atoms with Crippen LogP contribution in [0, 0.1) is 0 Å². The van der Waals surface area contributed by atoms with E-state index in [2.05, 4.69) is 62.0 Å². The highest BCUT2D eigenvalue weighted by atomic mass is 16.6. The van der Waals surface area contributed by atoms with E-state index >= 15 is 0 Å². The van der Waals surface area contributed by atoms with E-state index in [1.807, 2.05) is 0 Å².